The summed E-state index contributed by atoms with van der Waals surface area (Å²) >= 11 is 1.21. The minimum Gasteiger partial charge on any atom is -0.339 e. The van der Waals surface area contributed by atoms with Crippen LogP contribution in [0.1, 0.15) is 34.3 Å². The highest BCUT2D eigenvalue weighted by Gasteiger charge is 2.27. The Bertz CT molecular complexity index is 832. The van der Waals surface area contributed by atoms with Crippen molar-refractivity contribution in [1.82, 2.24) is 9.62 Å². The number of thiophene rings is 1. The molecule has 5 nitrogen and oxygen atoms in total. The van der Waals surface area contributed by atoms with E-state index in [9.17, 15) is 13.2 Å². The number of carbonyl (C=O) groups excluding carboxylic acids is 1. The Morgan fingerprint density at radius 1 is 1.16 bits per heavy atom. The molecule has 0 spiro atoms. The van der Waals surface area contributed by atoms with Gasteiger partial charge in [-0.2, -0.15) is 0 Å². The van der Waals surface area contributed by atoms with E-state index < -0.39 is 10.0 Å². The van der Waals surface area contributed by atoms with Gasteiger partial charge in [-0.3, -0.25) is 4.79 Å². The molecule has 2 heterocycles. The molecule has 1 saturated heterocycles. The molecule has 1 aromatic carbocycles. The van der Waals surface area contributed by atoms with Crippen molar-refractivity contribution >= 4 is 27.3 Å². The Hall–Kier alpha value is -1.70. The van der Waals surface area contributed by atoms with Gasteiger partial charge in [-0.25, -0.2) is 13.1 Å². The van der Waals surface area contributed by atoms with Crippen LogP contribution >= 0.6 is 11.3 Å². The van der Waals surface area contributed by atoms with Crippen molar-refractivity contribution in [3.05, 3.63) is 52.4 Å². The number of rotatable bonds is 4. The van der Waals surface area contributed by atoms with Crippen LogP contribution < -0.4 is 4.72 Å². The Labute approximate surface area is 152 Å². The summed E-state index contributed by atoms with van der Waals surface area (Å²) in [6.07, 6.45) is 1.25. The molecular formula is C18H22N2O3S2. The van der Waals surface area contributed by atoms with Crippen molar-refractivity contribution < 1.29 is 13.2 Å². The Morgan fingerprint density at radius 2 is 1.80 bits per heavy atom. The molecule has 1 amide bonds. The predicted octanol–water partition coefficient (Wildman–Crippen LogP) is 2.95. The maximum Gasteiger partial charge on any atom is 0.253 e. The molecule has 25 heavy (non-hydrogen) atoms. The zero-order valence-electron chi connectivity index (χ0n) is 14.4. The third kappa shape index (κ3) is 4.29. The van der Waals surface area contributed by atoms with E-state index in [0.717, 1.165) is 11.1 Å². The maximum absolute atomic E-state index is 12.7. The van der Waals surface area contributed by atoms with Gasteiger partial charge >= 0.3 is 0 Å². The number of hydrogen-bond donors (Lipinski definition) is 1. The SMILES string of the molecule is Cc1cc(C)cc(C(=O)N2CCC(NS(=O)(=O)c3cccs3)CC2)c1. The first kappa shape index (κ1) is 18.1. The monoisotopic (exact) mass is 378 g/mol. The first-order chi connectivity index (χ1) is 11.8. The van der Waals surface area contributed by atoms with Crippen molar-refractivity contribution in [2.75, 3.05) is 13.1 Å². The molecule has 134 valence electrons. The highest BCUT2D eigenvalue weighted by Crippen LogP contribution is 2.20. The molecule has 0 atom stereocenters. The topological polar surface area (TPSA) is 66.5 Å². The second-order valence-electron chi connectivity index (χ2n) is 6.50. The lowest BCUT2D eigenvalue weighted by Gasteiger charge is -2.32. The quantitative estimate of drug-likeness (QED) is 0.889. The third-order valence-corrected chi connectivity index (χ3v) is 7.25. The van der Waals surface area contributed by atoms with Crippen molar-refractivity contribution in [3.8, 4) is 0 Å². The van der Waals surface area contributed by atoms with Gasteiger partial charge in [-0.1, -0.05) is 23.3 Å². The van der Waals surface area contributed by atoms with Crippen LogP contribution in [0.2, 0.25) is 0 Å². The van der Waals surface area contributed by atoms with Crippen LogP contribution in [0.4, 0.5) is 0 Å². The molecule has 7 heteroatoms. The number of likely N-dealkylation sites (tertiary alicyclic amines) is 1. The molecule has 0 radical (unpaired) electrons. The molecule has 1 fully saturated rings. The summed E-state index contributed by atoms with van der Waals surface area (Å²) in [4.78, 5) is 14.5. The van der Waals surface area contributed by atoms with Crippen molar-refractivity contribution in [3.63, 3.8) is 0 Å². The van der Waals surface area contributed by atoms with E-state index in [2.05, 4.69) is 4.72 Å². The van der Waals surface area contributed by atoms with E-state index in [1.54, 1.807) is 17.5 Å². The second kappa shape index (κ2) is 7.27. The second-order valence-corrected chi connectivity index (χ2v) is 9.38. The first-order valence-electron chi connectivity index (χ1n) is 8.28. The molecule has 1 aliphatic rings. The van der Waals surface area contributed by atoms with Gasteiger partial charge in [-0.15, -0.1) is 11.3 Å². The number of nitrogens with zero attached hydrogens (tertiary/aromatic N) is 1. The van der Waals surface area contributed by atoms with Gasteiger partial charge in [0.2, 0.25) is 10.0 Å². The van der Waals surface area contributed by atoms with Crippen LogP contribution in [-0.4, -0.2) is 38.4 Å². The number of sulfonamides is 1. The summed E-state index contributed by atoms with van der Waals surface area (Å²) < 4.78 is 27.7. The van der Waals surface area contributed by atoms with E-state index >= 15 is 0 Å². The molecule has 0 unspecified atom stereocenters. The summed E-state index contributed by atoms with van der Waals surface area (Å²) in [6.45, 7) is 5.08. The molecule has 0 bridgehead atoms. The fourth-order valence-corrected chi connectivity index (χ4v) is 5.49. The van der Waals surface area contributed by atoms with Gasteiger partial charge in [0.25, 0.3) is 5.91 Å². The number of carbonyl (C=O) groups is 1. The summed E-state index contributed by atoms with van der Waals surface area (Å²) in [5.74, 6) is 0.0198. The number of aryl methyl sites for hydroxylation is 2. The van der Waals surface area contributed by atoms with E-state index in [-0.39, 0.29) is 11.9 Å². The smallest absolute Gasteiger partial charge is 0.253 e. The summed E-state index contributed by atoms with van der Waals surface area (Å²) in [5.41, 5.74) is 2.85. The first-order valence-corrected chi connectivity index (χ1v) is 10.6. The number of benzene rings is 1. The van der Waals surface area contributed by atoms with Gasteiger partial charge < -0.3 is 4.90 Å². The van der Waals surface area contributed by atoms with Crippen LogP contribution in [-0.2, 0) is 10.0 Å². The Morgan fingerprint density at radius 3 is 2.36 bits per heavy atom. The average molecular weight is 379 g/mol. The summed E-state index contributed by atoms with van der Waals surface area (Å²) in [5, 5.41) is 1.75. The minimum absolute atomic E-state index is 0.0198. The minimum atomic E-state index is -3.45. The van der Waals surface area contributed by atoms with Gasteiger partial charge in [0.15, 0.2) is 0 Å². The molecule has 0 saturated carbocycles. The molecule has 0 aliphatic carbocycles. The number of nitrogens with one attached hydrogen (secondary N) is 1. The Balaban J connectivity index is 1.61. The lowest BCUT2D eigenvalue weighted by atomic mass is 10.0. The fourth-order valence-electron chi connectivity index (χ4n) is 3.18. The zero-order valence-corrected chi connectivity index (χ0v) is 16.0. The zero-order chi connectivity index (χ0) is 18.0. The molecule has 3 rings (SSSR count). The average Bonchev–Trinajstić information content (AvgIpc) is 3.09. The molecule has 1 N–H and O–H groups in total. The lowest BCUT2D eigenvalue weighted by molar-refractivity contribution is 0.0711. The number of amides is 1. The van der Waals surface area contributed by atoms with Crippen LogP contribution in [0.15, 0.2) is 39.9 Å². The van der Waals surface area contributed by atoms with E-state index in [1.165, 1.54) is 11.3 Å². The molecular weight excluding hydrogens is 356 g/mol. The summed E-state index contributed by atoms with van der Waals surface area (Å²) in [6, 6.07) is 9.05. The largest absolute Gasteiger partial charge is 0.339 e. The normalized spacial score (nSPS) is 16.2. The van der Waals surface area contributed by atoms with Crippen LogP contribution in [0.3, 0.4) is 0 Å². The van der Waals surface area contributed by atoms with Crippen LogP contribution in [0.5, 0.6) is 0 Å². The van der Waals surface area contributed by atoms with E-state index in [0.29, 0.717) is 35.7 Å². The van der Waals surface area contributed by atoms with Crippen LogP contribution in [0.25, 0.3) is 0 Å². The highest BCUT2D eigenvalue weighted by atomic mass is 32.2. The standard InChI is InChI=1S/C18H22N2O3S2/c1-13-10-14(2)12-15(11-13)18(21)20-7-5-16(6-8-20)19-25(22,23)17-4-3-9-24-17/h3-4,9-12,16,19H,5-8H2,1-2H3. The van der Waals surface area contributed by atoms with Gasteiger partial charge in [0.05, 0.1) is 0 Å². The third-order valence-electron chi connectivity index (χ3n) is 4.33. The van der Waals surface area contributed by atoms with Crippen LogP contribution in [0, 0.1) is 13.8 Å². The predicted molar refractivity (Wildman–Crippen MR) is 99.5 cm³/mol. The van der Waals surface area contributed by atoms with Gasteiger partial charge in [-0.05, 0) is 50.3 Å². The van der Waals surface area contributed by atoms with E-state index in [1.807, 2.05) is 36.9 Å². The Kier molecular flexibility index (Phi) is 5.27. The van der Waals surface area contributed by atoms with Crippen molar-refractivity contribution in [2.45, 2.75) is 36.9 Å². The van der Waals surface area contributed by atoms with Crippen molar-refractivity contribution in [2.24, 2.45) is 0 Å². The molecule has 2 aromatic rings. The lowest BCUT2D eigenvalue weighted by Crippen LogP contribution is -2.46. The van der Waals surface area contributed by atoms with Gasteiger partial charge in [0.1, 0.15) is 4.21 Å². The maximum atomic E-state index is 12.7. The highest BCUT2D eigenvalue weighted by molar-refractivity contribution is 7.91. The van der Waals surface area contributed by atoms with Gasteiger partial charge in [0, 0.05) is 24.7 Å². The van der Waals surface area contributed by atoms with E-state index in [4.69, 9.17) is 0 Å². The number of hydrogen-bond acceptors (Lipinski definition) is 4. The molecule has 1 aromatic heterocycles. The molecule has 1 aliphatic heterocycles. The number of piperidine rings is 1. The summed E-state index contributed by atoms with van der Waals surface area (Å²) in [7, 11) is -3.45. The van der Waals surface area contributed by atoms with Crippen molar-refractivity contribution in [1.29, 1.82) is 0 Å². The fraction of sp³-hybridized carbons (Fsp3) is 0.389.